The lowest BCUT2D eigenvalue weighted by Crippen LogP contribution is -2.42. The van der Waals surface area contributed by atoms with Gasteiger partial charge in [0, 0.05) is 31.2 Å². The number of pyridine rings is 1. The highest BCUT2D eigenvalue weighted by atomic mass is 16.3. The summed E-state index contributed by atoms with van der Waals surface area (Å²) in [7, 11) is 0. The van der Waals surface area contributed by atoms with Crippen LogP contribution in [0.25, 0.3) is 0 Å². The fraction of sp³-hybridized carbons (Fsp3) is 0.571. The summed E-state index contributed by atoms with van der Waals surface area (Å²) in [5, 5.41) is 12.5. The number of hydrogen-bond acceptors (Lipinski definition) is 3. The van der Waals surface area contributed by atoms with Gasteiger partial charge in [-0.1, -0.05) is 0 Å². The van der Waals surface area contributed by atoms with Crippen LogP contribution in [0.1, 0.15) is 25.3 Å². The molecule has 1 atom stereocenters. The third-order valence-electron chi connectivity index (χ3n) is 3.77. The maximum Gasteiger partial charge on any atom is 0.321 e. The number of urea groups is 1. The Morgan fingerprint density at radius 2 is 2.21 bits per heavy atom. The van der Waals surface area contributed by atoms with Crippen LogP contribution < -0.4 is 5.32 Å². The lowest BCUT2D eigenvalue weighted by molar-refractivity contribution is 0.0820. The Labute approximate surface area is 113 Å². The van der Waals surface area contributed by atoms with Crippen LogP contribution in [0.15, 0.2) is 18.5 Å². The van der Waals surface area contributed by atoms with Gasteiger partial charge in [-0.15, -0.1) is 0 Å². The van der Waals surface area contributed by atoms with Crippen molar-refractivity contribution < 1.29 is 9.90 Å². The van der Waals surface area contributed by atoms with Crippen molar-refractivity contribution in [1.82, 2.24) is 9.88 Å². The number of carbonyl (C=O) groups excluding carboxylic acids is 1. The van der Waals surface area contributed by atoms with Crippen molar-refractivity contribution in [2.45, 2.75) is 32.8 Å². The van der Waals surface area contributed by atoms with E-state index in [0.717, 1.165) is 24.1 Å². The van der Waals surface area contributed by atoms with E-state index < -0.39 is 0 Å². The van der Waals surface area contributed by atoms with Gasteiger partial charge in [-0.25, -0.2) is 4.79 Å². The van der Waals surface area contributed by atoms with Crippen LogP contribution in [-0.2, 0) is 0 Å². The highest BCUT2D eigenvalue weighted by Crippen LogP contribution is 2.21. The molecule has 2 heterocycles. The molecule has 2 amide bonds. The molecular formula is C14H21N3O2. The molecule has 0 aliphatic carbocycles. The van der Waals surface area contributed by atoms with Crippen molar-refractivity contribution in [3.05, 3.63) is 24.0 Å². The molecule has 1 aliphatic heterocycles. The number of aliphatic hydroxyl groups is 1. The minimum Gasteiger partial charge on any atom is -0.393 e. The highest BCUT2D eigenvalue weighted by Gasteiger charge is 2.25. The number of rotatable bonds is 2. The number of aliphatic hydroxyl groups excluding tert-OH is 1. The molecule has 0 aromatic carbocycles. The summed E-state index contributed by atoms with van der Waals surface area (Å²) < 4.78 is 0. The minimum atomic E-state index is -0.285. The topological polar surface area (TPSA) is 65.5 Å². The van der Waals surface area contributed by atoms with E-state index in [4.69, 9.17) is 0 Å². The summed E-state index contributed by atoms with van der Waals surface area (Å²) in [6, 6.07) is 1.73. The molecule has 1 aromatic heterocycles. The molecule has 2 rings (SSSR count). The van der Waals surface area contributed by atoms with Crippen molar-refractivity contribution >= 4 is 11.7 Å². The molecule has 0 bridgehead atoms. The SMILES string of the molecule is Cc1cnccc1NC(=O)N1CCC(C(C)O)CC1. The predicted molar refractivity (Wildman–Crippen MR) is 74.0 cm³/mol. The average Bonchev–Trinajstić information content (AvgIpc) is 2.41. The Morgan fingerprint density at radius 1 is 1.53 bits per heavy atom. The number of piperidine rings is 1. The summed E-state index contributed by atoms with van der Waals surface area (Å²) in [6.45, 7) is 5.14. The molecule has 1 aromatic rings. The van der Waals surface area contributed by atoms with E-state index >= 15 is 0 Å². The molecule has 1 unspecified atom stereocenters. The lowest BCUT2D eigenvalue weighted by atomic mass is 9.92. The smallest absolute Gasteiger partial charge is 0.321 e. The quantitative estimate of drug-likeness (QED) is 0.858. The Hall–Kier alpha value is -1.62. The fourth-order valence-electron chi connectivity index (χ4n) is 2.39. The van der Waals surface area contributed by atoms with Gasteiger partial charge in [0.25, 0.3) is 0 Å². The molecule has 0 radical (unpaired) electrons. The van der Waals surface area contributed by atoms with Gasteiger partial charge in [-0.3, -0.25) is 4.98 Å². The molecule has 1 saturated heterocycles. The zero-order chi connectivity index (χ0) is 13.8. The predicted octanol–water partition coefficient (Wildman–Crippen LogP) is 2.01. The van der Waals surface area contributed by atoms with E-state index in [1.54, 1.807) is 23.4 Å². The van der Waals surface area contributed by atoms with Crippen LogP contribution in [0.5, 0.6) is 0 Å². The first-order valence-corrected chi connectivity index (χ1v) is 6.72. The van der Waals surface area contributed by atoms with E-state index in [9.17, 15) is 9.90 Å². The standard InChI is InChI=1S/C14H21N3O2/c1-10-9-15-6-3-13(10)16-14(19)17-7-4-12(5-8-17)11(2)18/h3,6,9,11-12,18H,4-5,7-8H2,1-2H3,(H,15,16,19). The fourth-order valence-corrected chi connectivity index (χ4v) is 2.39. The minimum absolute atomic E-state index is 0.0710. The van der Waals surface area contributed by atoms with Crippen LogP contribution >= 0.6 is 0 Å². The third kappa shape index (κ3) is 3.44. The number of hydrogen-bond donors (Lipinski definition) is 2. The Morgan fingerprint density at radius 3 is 2.79 bits per heavy atom. The van der Waals surface area contributed by atoms with Crippen molar-refractivity contribution in [1.29, 1.82) is 0 Å². The van der Waals surface area contributed by atoms with Gasteiger partial charge in [0.2, 0.25) is 0 Å². The average molecular weight is 263 g/mol. The number of aromatic nitrogens is 1. The second-order valence-electron chi connectivity index (χ2n) is 5.19. The first-order chi connectivity index (χ1) is 9.08. The number of carbonyl (C=O) groups is 1. The number of nitrogens with one attached hydrogen (secondary N) is 1. The maximum atomic E-state index is 12.1. The van der Waals surface area contributed by atoms with Crippen LogP contribution in [0.4, 0.5) is 10.5 Å². The van der Waals surface area contributed by atoms with E-state index in [-0.39, 0.29) is 12.1 Å². The normalized spacial score (nSPS) is 18.2. The summed E-state index contributed by atoms with van der Waals surface area (Å²) >= 11 is 0. The zero-order valence-electron chi connectivity index (χ0n) is 11.5. The van der Waals surface area contributed by atoms with Crippen LogP contribution in [-0.4, -0.2) is 40.2 Å². The first-order valence-electron chi connectivity index (χ1n) is 6.72. The van der Waals surface area contributed by atoms with E-state index in [0.29, 0.717) is 19.0 Å². The largest absolute Gasteiger partial charge is 0.393 e. The summed E-state index contributed by atoms with van der Waals surface area (Å²) in [6.07, 6.45) is 4.84. The maximum absolute atomic E-state index is 12.1. The third-order valence-corrected chi connectivity index (χ3v) is 3.77. The lowest BCUT2D eigenvalue weighted by Gasteiger charge is -2.33. The number of likely N-dealkylation sites (tertiary alicyclic amines) is 1. The second kappa shape index (κ2) is 6.02. The summed E-state index contributed by atoms with van der Waals surface area (Å²) in [5.41, 5.74) is 1.76. The number of nitrogens with zero attached hydrogens (tertiary/aromatic N) is 2. The van der Waals surface area contributed by atoms with Crippen LogP contribution in [0.3, 0.4) is 0 Å². The summed E-state index contributed by atoms with van der Waals surface area (Å²) in [4.78, 5) is 17.9. The molecule has 2 N–H and O–H groups in total. The van der Waals surface area contributed by atoms with E-state index in [2.05, 4.69) is 10.3 Å². The molecule has 0 spiro atoms. The van der Waals surface area contributed by atoms with Crippen molar-refractivity contribution in [3.63, 3.8) is 0 Å². The van der Waals surface area contributed by atoms with Gasteiger partial charge >= 0.3 is 6.03 Å². The Balaban J connectivity index is 1.90. The van der Waals surface area contributed by atoms with Crippen LogP contribution in [0, 0.1) is 12.8 Å². The van der Waals surface area contributed by atoms with Gasteiger partial charge in [0.05, 0.1) is 6.10 Å². The molecular weight excluding hydrogens is 242 g/mol. The molecule has 5 heteroatoms. The van der Waals surface area contributed by atoms with Crippen molar-refractivity contribution in [2.75, 3.05) is 18.4 Å². The Kier molecular flexibility index (Phi) is 4.37. The number of aryl methyl sites for hydroxylation is 1. The van der Waals surface area contributed by atoms with Gasteiger partial charge in [-0.05, 0) is 44.2 Å². The van der Waals surface area contributed by atoms with E-state index in [1.165, 1.54) is 0 Å². The van der Waals surface area contributed by atoms with Gasteiger partial charge < -0.3 is 15.3 Å². The van der Waals surface area contributed by atoms with Gasteiger partial charge in [0.15, 0.2) is 0 Å². The Bertz CT molecular complexity index is 440. The van der Waals surface area contributed by atoms with E-state index in [1.807, 2.05) is 13.8 Å². The van der Waals surface area contributed by atoms with Crippen LogP contribution in [0.2, 0.25) is 0 Å². The van der Waals surface area contributed by atoms with Crippen molar-refractivity contribution in [3.8, 4) is 0 Å². The second-order valence-corrected chi connectivity index (χ2v) is 5.19. The molecule has 19 heavy (non-hydrogen) atoms. The molecule has 1 aliphatic rings. The monoisotopic (exact) mass is 263 g/mol. The number of anilines is 1. The summed E-state index contributed by atoms with van der Waals surface area (Å²) in [5.74, 6) is 0.312. The molecule has 5 nitrogen and oxygen atoms in total. The molecule has 0 saturated carbocycles. The first kappa shape index (κ1) is 13.8. The zero-order valence-corrected chi connectivity index (χ0v) is 11.5. The molecule has 1 fully saturated rings. The van der Waals surface area contributed by atoms with Crippen molar-refractivity contribution in [2.24, 2.45) is 5.92 Å². The van der Waals surface area contributed by atoms with Gasteiger partial charge in [-0.2, -0.15) is 0 Å². The molecule has 104 valence electrons. The van der Waals surface area contributed by atoms with Gasteiger partial charge in [0.1, 0.15) is 0 Å². The number of amides is 2. The highest BCUT2D eigenvalue weighted by molar-refractivity contribution is 5.90.